The first-order valence-corrected chi connectivity index (χ1v) is 7.52. The number of aryl methyl sites for hydroxylation is 1. The minimum atomic E-state index is -0.595. The van der Waals surface area contributed by atoms with E-state index in [1.807, 2.05) is 38.1 Å². The van der Waals surface area contributed by atoms with Crippen molar-refractivity contribution in [2.75, 3.05) is 18.4 Å². The van der Waals surface area contributed by atoms with Crippen LogP contribution >= 0.6 is 0 Å². The van der Waals surface area contributed by atoms with Crippen LogP contribution in [0.25, 0.3) is 0 Å². The minimum absolute atomic E-state index is 0.0157. The maximum Gasteiger partial charge on any atom is 0.238 e. The number of para-hydroxylation sites is 1. The Morgan fingerprint density at radius 3 is 2.35 bits per heavy atom. The topological polar surface area (TPSA) is 32.3 Å². The van der Waals surface area contributed by atoms with Crippen molar-refractivity contribution in [1.82, 2.24) is 4.90 Å². The smallest absolute Gasteiger partial charge is 0.238 e. The Bertz CT molecular complexity index is 668. The standard InChI is InChI=1S/C18H20F2N2O/c1-3-22(11-14-15(19)8-6-9-16(14)20)12-18(23)21-17-10-5-4-7-13(17)2/h4-10H,3,11-12H2,1-2H3,(H,21,23). The van der Waals surface area contributed by atoms with E-state index >= 15 is 0 Å². The average molecular weight is 318 g/mol. The van der Waals surface area contributed by atoms with Crippen LogP contribution in [0.1, 0.15) is 18.1 Å². The predicted molar refractivity (Wildman–Crippen MR) is 87.1 cm³/mol. The summed E-state index contributed by atoms with van der Waals surface area (Å²) in [6.07, 6.45) is 0. The van der Waals surface area contributed by atoms with E-state index in [1.165, 1.54) is 18.2 Å². The Balaban J connectivity index is 2.02. The number of amides is 1. The summed E-state index contributed by atoms with van der Waals surface area (Å²) in [5.41, 5.74) is 1.69. The molecule has 0 aliphatic heterocycles. The zero-order valence-corrected chi connectivity index (χ0v) is 13.3. The molecule has 0 aliphatic rings. The summed E-state index contributed by atoms with van der Waals surface area (Å²) in [5.74, 6) is -1.40. The number of benzene rings is 2. The van der Waals surface area contributed by atoms with Crippen molar-refractivity contribution in [1.29, 1.82) is 0 Å². The first-order valence-electron chi connectivity index (χ1n) is 7.52. The fraction of sp³-hybridized carbons (Fsp3) is 0.278. The largest absolute Gasteiger partial charge is 0.325 e. The van der Waals surface area contributed by atoms with Gasteiger partial charge in [-0.25, -0.2) is 8.78 Å². The van der Waals surface area contributed by atoms with Crippen molar-refractivity contribution in [3.8, 4) is 0 Å². The van der Waals surface area contributed by atoms with E-state index in [0.717, 1.165) is 11.3 Å². The zero-order valence-electron chi connectivity index (χ0n) is 13.3. The van der Waals surface area contributed by atoms with Crippen LogP contribution in [0.3, 0.4) is 0 Å². The van der Waals surface area contributed by atoms with E-state index in [4.69, 9.17) is 0 Å². The second kappa shape index (κ2) is 7.83. The van der Waals surface area contributed by atoms with Crippen LogP contribution in [0.5, 0.6) is 0 Å². The highest BCUT2D eigenvalue weighted by molar-refractivity contribution is 5.92. The molecule has 0 saturated heterocycles. The molecule has 0 aliphatic carbocycles. The van der Waals surface area contributed by atoms with Crippen LogP contribution < -0.4 is 5.32 Å². The second-order valence-electron chi connectivity index (χ2n) is 5.37. The first kappa shape index (κ1) is 17.1. The van der Waals surface area contributed by atoms with Gasteiger partial charge in [0, 0.05) is 17.8 Å². The highest BCUT2D eigenvalue weighted by Crippen LogP contribution is 2.16. The number of anilines is 1. The highest BCUT2D eigenvalue weighted by Gasteiger charge is 2.15. The van der Waals surface area contributed by atoms with Gasteiger partial charge in [-0.05, 0) is 37.2 Å². The molecule has 0 fully saturated rings. The molecule has 3 nitrogen and oxygen atoms in total. The number of carbonyl (C=O) groups excluding carboxylic acids is 1. The highest BCUT2D eigenvalue weighted by atomic mass is 19.1. The molecular weight excluding hydrogens is 298 g/mol. The molecule has 0 unspecified atom stereocenters. The zero-order chi connectivity index (χ0) is 16.8. The quantitative estimate of drug-likeness (QED) is 0.880. The molecule has 5 heteroatoms. The van der Waals surface area contributed by atoms with Gasteiger partial charge < -0.3 is 5.32 Å². The molecule has 0 atom stereocenters. The molecule has 2 rings (SSSR count). The van der Waals surface area contributed by atoms with Gasteiger partial charge in [-0.1, -0.05) is 31.2 Å². The average Bonchev–Trinajstić information content (AvgIpc) is 2.52. The van der Waals surface area contributed by atoms with Crippen LogP contribution in [0, 0.1) is 18.6 Å². The summed E-state index contributed by atoms with van der Waals surface area (Å²) in [6, 6.07) is 11.2. The van der Waals surface area contributed by atoms with Gasteiger partial charge in [-0.15, -0.1) is 0 Å². The number of halogens is 2. The van der Waals surface area contributed by atoms with Crippen molar-refractivity contribution in [2.24, 2.45) is 0 Å². The van der Waals surface area contributed by atoms with Crippen LogP contribution in [0.4, 0.5) is 14.5 Å². The third kappa shape index (κ3) is 4.60. The third-order valence-corrected chi connectivity index (χ3v) is 3.68. The van der Waals surface area contributed by atoms with E-state index in [1.54, 1.807) is 4.90 Å². The molecule has 1 amide bonds. The van der Waals surface area contributed by atoms with Crippen molar-refractivity contribution < 1.29 is 13.6 Å². The number of nitrogens with zero attached hydrogens (tertiary/aromatic N) is 1. The van der Waals surface area contributed by atoms with Crippen molar-refractivity contribution in [3.05, 3.63) is 65.2 Å². The number of carbonyl (C=O) groups is 1. The normalized spacial score (nSPS) is 10.8. The van der Waals surface area contributed by atoms with Gasteiger partial charge in [0.2, 0.25) is 5.91 Å². The number of hydrogen-bond acceptors (Lipinski definition) is 2. The molecular formula is C18H20F2N2O. The Morgan fingerprint density at radius 1 is 1.09 bits per heavy atom. The molecule has 0 saturated carbocycles. The summed E-state index contributed by atoms with van der Waals surface area (Å²) in [4.78, 5) is 13.8. The van der Waals surface area contributed by atoms with Gasteiger partial charge >= 0.3 is 0 Å². The molecule has 0 aromatic heterocycles. The number of hydrogen-bond donors (Lipinski definition) is 1. The molecule has 0 heterocycles. The van der Waals surface area contributed by atoms with Crippen LogP contribution in [0.2, 0.25) is 0 Å². The molecule has 0 radical (unpaired) electrons. The summed E-state index contributed by atoms with van der Waals surface area (Å²) in [7, 11) is 0. The molecule has 0 spiro atoms. The van der Waals surface area contributed by atoms with Crippen LogP contribution in [0.15, 0.2) is 42.5 Å². The van der Waals surface area contributed by atoms with E-state index in [9.17, 15) is 13.6 Å². The Morgan fingerprint density at radius 2 is 1.74 bits per heavy atom. The van der Waals surface area contributed by atoms with Crippen molar-refractivity contribution >= 4 is 11.6 Å². The Hall–Kier alpha value is -2.27. The molecule has 2 aromatic carbocycles. The number of nitrogens with one attached hydrogen (secondary N) is 1. The van der Waals surface area contributed by atoms with Crippen LogP contribution in [-0.4, -0.2) is 23.9 Å². The fourth-order valence-corrected chi connectivity index (χ4v) is 2.29. The Labute approximate surface area is 134 Å². The second-order valence-corrected chi connectivity index (χ2v) is 5.37. The lowest BCUT2D eigenvalue weighted by Crippen LogP contribution is -2.33. The lowest BCUT2D eigenvalue weighted by molar-refractivity contribution is -0.117. The van der Waals surface area contributed by atoms with Crippen molar-refractivity contribution in [2.45, 2.75) is 20.4 Å². The molecule has 2 aromatic rings. The summed E-state index contributed by atoms with van der Waals surface area (Å²) in [6.45, 7) is 4.38. The number of rotatable bonds is 6. The van der Waals surface area contributed by atoms with Gasteiger partial charge in [0.15, 0.2) is 0 Å². The van der Waals surface area contributed by atoms with E-state index in [0.29, 0.717) is 6.54 Å². The molecule has 0 bridgehead atoms. The van der Waals surface area contributed by atoms with E-state index in [2.05, 4.69) is 5.32 Å². The lowest BCUT2D eigenvalue weighted by atomic mass is 10.2. The fourth-order valence-electron chi connectivity index (χ4n) is 2.29. The third-order valence-electron chi connectivity index (χ3n) is 3.68. The molecule has 122 valence electrons. The van der Waals surface area contributed by atoms with Gasteiger partial charge in [-0.2, -0.15) is 0 Å². The monoisotopic (exact) mass is 318 g/mol. The number of likely N-dealkylation sites (N-methyl/N-ethyl adjacent to an activating group) is 1. The van der Waals surface area contributed by atoms with Gasteiger partial charge in [0.25, 0.3) is 0 Å². The van der Waals surface area contributed by atoms with Crippen molar-refractivity contribution in [3.63, 3.8) is 0 Å². The maximum atomic E-state index is 13.7. The summed E-state index contributed by atoms with van der Waals surface area (Å²) < 4.78 is 27.4. The molecule has 1 N–H and O–H groups in total. The minimum Gasteiger partial charge on any atom is -0.325 e. The van der Waals surface area contributed by atoms with Crippen LogP contribution in [-0.2, 0) is 11.3 Å². The molecule has 23 heavy (non-hydrogen) atoms. The Kier molecular flexibility index (Phi) is 5.82. The van der Waals surface area contributed by atoms with Gasteiger partial charge in [0.1, 0.15) is 11.6 Å². The van der Waals surface area contributed by atoms with E-state index in [-0.39, 0.29) is 24.6 Å². The van der Waals surface area contributed by atoms with E-state index < -0.39 is 11.6 Å². The van der Waals surface area contributed by atoms with Gasteiger partial charge in [0.05, 0.1) is 6.54 Å². The predicted octanol–water partition coefficient (Wildman–Crippen LogP) is 3.73. The van der Waals surface area contributed by atoms with Gasteiger partial charge in [-0.3, -0.25) is 9.69 Å². The summed E-state index contributed by atoms with van der Waals surface area (Å²) >= 11 is 0. The lowest BCUT2D eigenvalue weighted by Gasteiger charge is -2.20. The summed E-state index contributed by atoms with van der Waals surface area (Å²) in [5, 5.41) is 2.82. The maximum absolute atomic E-state index is 13.7. The first-order chi connectivity index (χ1) is 11.0. The SMILES string of the molecule is CCN(CC(=O)Nc1ccccc1C)Cc1c(F)cccc1F.